The first-order valence-corrected chi connectivity index (χ1v) is 21.4. The van der Waals surface area contributed by atoms with Crippen LogP contribution in [-0.2, 0) is 28.5 Å². The van der Waals surface area contributed by atoms with Crippen LogP contribution in [0, 0.1) is 52.3 Å². The lowest BCUT2D eigenvalue weighted by Gasteiger charge is -2.58. The largest absolute Gasteiger partial charge is 0.462 e. The number of nitrogens with one attached hydrogen (secondary N) is 2. The molecule has 4 aliphatic carbocycles. The van der Waals surface area contributed by atoms with Gasteiger partial charge in [0.25, 0.3) is 0 Å². The van der Waals surface area contributed by atoms with E-state index in [1.807, 2.05) is 0 Å². The van der Waals surface area contributed by atoms with E-state index in [1.54, 1.807) is 55.4 Å². The first-order valence-electron chi connectivity index (χ1n) is 21.0. The van der Waals surface area contributed by atoms with Crippen molar-refractivity contribution >= 4 is 41.3 Å². The predicted molar refractivity (Wildman–Crippen MR) is 218 cm³/mol. The Morgan fingerprint density at radius 3 is 2.09 bits per heavy atom. The molecule has 0 radical (unpaired) electrons. The minimum Gasteiger partial charge on any atom is -0.462 e. The van der Waals surface area contributed by atoms with Gasteiger partial charge in [-0.3, -0.25) is 10.1 Å². The summed E-state index contributed by atoms with van der Waals surface area (Å²) in [6.07, 6.45) is 11.2. The molecule has 0 spiro atoms. The van der Waals surface area contributed by atoms with Crippen molar-refractivity contribution in [3.63, 3.8) is 0 Å². The van der Waals surface area contributed by atoms with Crippen molar-refractivity contribution < 1.29 is 38.1 Å². The van der Waals surface area contributed by atoms with Gasteiger partial charge in [-0.1, -0.05) is 58.5 Å². The Kier molecular flexibility index (Phi) is 14.3. The highest BCUT2D eigenvalue weighted by Gasteiger charge is 2.59. The summed E-state index contributed by atoms with van der Waals surface area (Å²) in [5.74, 6) is 1.67. The van der Waals surface area contributed by atoms with E-state index in [1.165, 1.54) is 31.3 Å². The minimum absolute atomic E-state index is 0.108. The van der Waals surface area contributed by atoms with Crippen LogP contribution in [0.15, 0.2) is 11.6 Å². The van der Waals surface area contributed by atoms with Crippen molar-refractivity contribution in [2.24, 2.45) is 52.3 Å². The summed E-state index contributed by atoms with van der Waals surface area (Å²) in [6.45, 7) is 25.6. The average Bonchev–Trinajstić information content (AvgIpc) is 3.41. The molecule has 3 saturated carbocycles. The van der Waals surface area contributed by atoms with Gasteiger partial charge in [-0.15, -0.1) is 0 Å². The Morgan fingerprint density at radius 2 is 1.47 bits per heavy atom. The topological polar surface area (TPSA) is 129 Å². The molecule has 11 atom stereocenters. The number of alkyl carbamates (subject to hydrolysis) is 2. The predicted octanol–water partition coefficient (Wildman–Crippen LogP) is 9.86. The van der Waals surface area contributed by atoms with Crippen LogP contribution in [0.1, 0.15) is 154 Å². The van der Waals surface area contributed by atoms with Gasteiger partial charge in [0.15, 0.2) is 0 Å². The Hall–Kier alpha value is -2.69. The van der Waals surface area contributed by atoms with Crippen LogP contribution in [0.25, 0.3) is 0 Å². The second kappa shape index (κ2) is 17.4. The van der Waals surface area contributed by atoms with Crippen molar-refractivity contribution in [2.75, 3.05) is 0 Å². The summed E-state index contributed by atoms with van der Waals surface area (Å²) < 4.78 is 22.6. The van der Waals surface area contributed by atoms with Gasteiger partial charge in [0, 0.05) is 6.42 Å². The maximum Gasteiger partial charge on any atom is 0.412 e. The van der Waals surface area contributed by atoms with Crippen LogP contribution >= 0.6 is 12.2 Å². The molecule has 0 aromatic carbocycles. The van der Waals surface area contributed by atoms with Gasteiger partial charge in [0.1, 0.15) is 35.4 Å². The minimum atomic E-state index is -0.794. The van der Waals surface area contributed by atoms with E-state index in [9.17, 15) is 19.2 Å². The highest BCUT2D eigenvalue weighted by molar-refractivity contribution is 7.80. The quantitative estimate of drug-likeness (QED) is 0.0910. The normalized spacial score (nSPS) is 31.2. The van der Waals surface area contributed by atoms with E-state index in [2.05, 4.69) is 51.3 Å². The van der Waals surface area contributed by atoms with Gasteiger partial charge in [-0.05, 0) is 160 Å². The van der Waals surface area contributed by atoms with Crippen molar-refractivity contribution in [3.05, 3.63) is 11.6 Å². The number of fused-ring (bicyclic) bond motifs is 5. The van der Waals surface area contributed by atoms with Gasteiger partial charge in [-0.25, -0.2) is 14.4 Å². The molecule has 312 valence electrons. The average molecular weight is 789 g/mol. The molecule has 55 heavy (non-hydrogen) atoms. The SMILES string of the molecule is CC(C)C(CC[C@@H](C)[C@H]1CC[C@H]2[C@@H]3CC=C4C[C@@H](OC(=O)[C@H](C)C(=S)NC(=O)OC(C)(C)C)CC[C@]4(C)[C@H]3CC[C@]12C)OC(=O)[C@H](C)NC(=O)OC(C)(C)C. The lowest BCUT2D eigenvalue weighted by atomic mass is 9.47. The van der Waals surface area contributed by atoms with E-state index in [0.717, 1.165) is 38.5 Å². The Morgan fingerprint density at radius 1 is 0.836 bits per heavy atom. The van der Waals surface area contributed by atoms with Gasteiger partial charge >= 0.3 is 24.1 Å². The summed E-state index contributed by atoms with van der Waals surface area (Å²) in [7, 11) is 0. The van der Waals surface area contributed by atoms with Crippen LogP contribution in [0.3, 0.4) is 0 Å². The van der Waals surface area contributed by atoms with E-state index in [-0.39, 0.29) is 33.9 Å². The summed E-state index contributed by atoms with van der Waals surface area (Å²) in [5.41, 5.74) is 0.526. The second-order valence-electron chi connectivity index (χ2n) is 20.1. The maximum atomic E-state index is 13.1. The number of carbonyl (C=O) groups excluding carboxylic acids is 4. The van der Waals surface area contributed by atoms with Crippen LogP contribution in [0.2, 0.25) is 0 Å². The molecule has 0 aromatic heterocycles. The summed E-state index contributed by atoms with van der Waals surface area (Å²) in [5, 5.41) is 5.15. The fraction of sp³-hybridized carbons (Fsp3) is 0.841. The van der Waals surface area contributed by atoms with Gasteiger partial charge in [0.2, 0.25) is 0 Å². The van der Waals surface area contributed by atoms with Crippen LogP contribution < -0.4 is 10.6 Å². The number of esters is 2. The maximum absolute atomic E-state index is 13.1. The highest BCUT2D eigenvalue weighted by atomic mass is 32.1. The van der Waals surface area contributed by atoms with Crippen molar-refractivity contribution in [2.45, 2.75) is 184 Å². The third-order valence-corrected chi connectivity index (χ3v) is 13.9. The van der Waals surface area contributed by atoms with Crippen LogP contribution in [-0.4, -0.2) is 58.6 Å². The van der Waals surface area contributed by atoms with E-state index < -0.39 is 47.3 Å². The summed E-state index contributed by atoms with van der Waals surface area (Å²) in [6, 6.07) is -0.794. The van der Waals surface area contributed by atoms with Crippen molar-refractivity contribution in [1.82, 2.24) is 10.6 Å². The number of ether oxygens (including phenoxy) is 4. The first kappa shape index (κ1) is 45.0. The number of carbonyl (C=O) groups is 4. The smallest absolute Gasteiger partial charge is 0.412 e. The van der Waals surface area contributed by atoms with Gasteiger partial charge in [0.05, 0.1) is 4.99 Å². The van der Waals surface area contributed by atoms with Gasteiger partial charge < -0.3 is 24.3 Å². The molecule has 0 heterocycles. The molecule has 0 saturated heterocycles. The van der Waals surface area contributed by atoms with Crippen LogP contribution in [0.4, 0.5) is 9.59 Å². The summed E-state index contributed by atoms with van der Waals surface area (Å²) in [4.78, 5) is 50.7. The molecule has 2 N–H and O–H groups in total. The lowest BCUT2D eigenvalue weighted by Crippen LogP contribution is -2.51. The molecule has 3 fully saturated rings. The number of hydrogen-bond acceptors (Lipinski definition) is 9. The van der Waals surface area contributed by atoms with Crippen LogP contribution in [0.5, 0.6) is 0 Å². The molecule has 4 rings (SSSR count). The third kappa shape index (κ3) is 11.0. The fourth-order valence-corrected chi connectivity index (χ4v) is 10.7. The molecule has 0 aromatic rings. The fourth-order valence-electron chi connectivity index (χ4n) is 10.5. The monoisotopic (exact) mass is 789 g/mol. The van der Waals surface area contributed by atoms with E-state index >= 15 is 0 Å². The molecule has 2 amide bonds. The molecule has 0 bridgehead atoms. The number of rotatable bonds is 11. The Bertz CT molecular complexity index is 1460. The zero-order valence-electron chi connectivity index (χ0n) is 36.1. The molecular weight excluding hydrogens is 717 g/mol. The standard InChI is InChI=1S/C44H72N2O8S/c1-25(2)35(52-38(48)28(5)45-39(49)53-41(6,7)8)19-14-26(3)32-17-18-33-31-16-15-29-24-30(20-22-43(29,12)34(31)21-23-44(32,33)13)51-37(47)27(4)36(55)46-40(50)54-42(9,10)11/h15,25-28,30-35H,14,16-24H2,1-13H3,(H,45,49)(H,46,50,55)/t26-,27-,28+,30+,31+,32-,33+,34+,35?,43+,44-/m1/s1. The number of amides is 2. The highest BCUT2D eigenvalue weighted by Crippen LogP contribution is 2.67. The summed E-state index contributed by atoms with van der Waals surface area (Å²) >= 11 is 5.36. The Labute approximate surface area is 336 Å². The lowest BCUT2D eigenvalue weighted by molar-refractivity contribution is -0.154. The van der Waals surface area contributed by atoms with E-state index in [4.69, 9.17) is 31.2 Å². The third-order valence-electron chi connectivity index (χ3n) is 13.5. The second-order valence-corrected chi connectivity index (χ2v) is 20.6. The number of hydrogen-bond donors (Lipinski definition) is 2. The zero-order valence-corrected chi connectivity index (χ0v) is 36.9. The Balaban J connectivity index is 1.32. The zero-order chi connectivity index (χ0) is 41.3. The first-order chi connectivity index (χ1) is 25.3. The number of allylic oxidation sites excluding steroid dienone is 1. The molecule has 10 nitrogen and oxygen atoms in total. The van der Waals surface area contributed by atoms with Crippen molar-refractivity contribution in [3.8, 4) is 0 Å². The van der Waals surface area contributed by atoms with Crippen molar-refractivity contribution in [1.29, 1.82) is 0 Å². The van der Waals surface area contributed by atoms with Gasteiger partial charge in [-0.2, -0.15) is 0 Å². The molecule has 11 heteroatoms. The molecule has 0 aliphatic heterocycles. The molecule has 4 aliphatic rings. The molecule has 1 unspecified atom stereocenters. The number of thiocarbonyl (C=S) groups is 1. The van der Waals surface area contributed by atoms with E-state index in [0.29, 0.717) is 29.6 Å². The molecular formula is C44H72N2O8S.